The minimum atomic E-state index is -0.0835. The van der Waals surface area contributed by atoms with Gasteiger partial charge >= 0.3 is 0 Å². The van der Waals surface area contributed by atoms with E-state index in [-0.39, 0.29) is 23.8 Å². The SMILES string of the molecule is CC[C@H](C)[C@H](N)CN(C(=O)[C@@H]1C[C@H]1c1ccc(C#N)cc1)c1ccc(-c2ccccc2)cc1. The second-order valence-corrected chi connectivity index (χ2v) is 9.09. The van der Waals surface area contributed by atoms with Crippen LogP contribution >= 0.6 is 0 Å². The number of anilines is 1. The molecule has 0 unspecified atom stereocenters. The van der Waals surface area contributed by atoms with Gasteiger partial charge in [0.2, 0.25) is 5.91 Å². The Hall–Kier alpha value is -3.42. The molecule has 0 aliphatic heterocycles. The number of nitriles is 1. The maximum Gasteiger partial charge on any atom is 0.230 e. The Kier molecular flexibility index (Phi) is 6.91. The van der Waals surface area contributed by atoms with Gasteiger partial charge in [0.05, 0.1) is 11.6 Å². The van der Waals surface area contributed by atoms with Gasteiger partial charge in [-0.15, -0.1) is 0 Å². The summed E-state index contributed by atoms with van der Waals surface area (Å²) >= 11 is 0. The third-order valence-corrected chi connectivity index (χ3v) is 6.90. The lowest BCUT2D eigenvalue weighted by Gasteiger charge is -2.29. The van der Waals surface area contributed by atoms with Crippen LogP contribution in [0.25, 0.3) is 11.1 Å². The highest BCUT2D eigenvalue weighted by Gasteiger charge is 2.46. The number of rotatable bonds is 8. The second-order valence-electron chi connectivity index (χ2n) is 9.09. The zero-order chi connectivity index (χ0) is 23.4. The van der Waals surface area contributed by atoms with Crippen molar-refractivity contribution in [2.45, 2.75) is 38.6 Å². The molecule has 168 valence electrons. The Bertz CT molecular complexity index is 1120. The van der Waals surface area contributed by atoms with Crippen LogP contribution < -0.4 is 10.6 Å². The van der Waals surface area contributed by atoms with Crippen LogP contribution in [0.1, 0.15) is 43.7 Å². The van der Waals surface area contributed by atoms with Crippen LogP contribution in [0.3, 0.4) is 0 Å². The van der Waals surface area contributed by atoms with E-state index in [4.69, 9.17) is 11.0 Å². The van der Waals surface area contributed by atoms with Crippen molar-refractivity contribution < 1.29 is 4.79 Å². The van der Waals surface area contributed by atoms with E-state index in [1.54, 1.807) is 0 Å². The normalized spacial score (nSPS) is 18.7. The quantitative estimate of drug-likeness (QED) is 0.489. The Morgan fingerprint density at radius 3 is 2.27 bits per heavy atom. The lowest BCUT2D eigenvalue weighted by molar-refractivity contribution is -0.120. The average Bonchev–Trinajstić information content (AvgIpc) is 3.68. The Morgan fingerprint density at radius 1 is 1.03 bits per heavy atom. The summed E-state index contributed by atoms with van der Waals surface area (Å²) in [4.78, 5) is 15.5. The van der Waals surface area contributed by atoms with Crippen LogP contribution in [-0.2, 0) is 4.79 Å². The molecule has 1 amide bonds. The number of carbonyl (C=O) groups is 1. The topological polar surface area (TPSA) is 70.1 Å². The maximum atomic E-state index is 13.6. The number of benzene rings is 3. The van der Waals surface area contributed by atoms with Crippen LogP contribution in [0.2, 0.25) is 0 Å². The van der Waals surface area contributed by atoms with Crippen LogP contribution in [0.4, 0.5) is 5.69 Å². The summed E-state index contributed by atoms with van der Waals surface area (Å²) < 4.78 is 0. The Balaban J connectivity index is 1.56. The van der Waals surface area contributed by atoms with E-state index in [1.165, 1.54) is 0 Å². The Morgan fingerprint density at radius 2 is 1.67 bits per heavy atom. The van der Waals surface area contributed by atoms with Crippen LogP contribution in [0.5, 0.6) is 0 Å². The minimum absolute atomic E-state index is 0.0455. The predicted octanol–water partition coefficient (Wildman–Crippen LogP) is 5.74. The van der Waals surface area contributed by atoms with E-state index in [0.29, 0.717) is 18.0 Å². The summed E-state index contributed by atoms with van der Waals surface area (Å²) in [5.74, 6) is 0.625. The molecule has 0 radical (unpaired) electrons. The molecule has 0 saturated heterocycles. The summed E-state index contributed by atoms with van der Waals surface area (Å²) in [5, 5.41) is 9.04. The zero-order valence-corrected chi connectivity index (χ0v) is 19.3. The average molecular weight is 438 g/mol. The first-order chi connectivity index (χ1) is 16.0. The highest BCUT2D eigenvalue weighted by Crippen LogP contribution is 2.49. The molecule has 1 aliphatic rings. The van der Waals surface area contributed by atoms with Crippen molar-refractivity contribution >= 4 is 11.6 Å². The second kappa shape index (κ2) is 10.0. The summed E-state index contributed by atoms with van der Waals surface area (Å²) in [7, 11) is 0. The monoisotopic (exact) mass is 437 g/mol. The summed E-state index contributed by atoms with van der Waals surface area (Å²) in [6, 6.07) is 28.1. The zero-order valence-electron chi connectivity index (χ0n) is 19.3. The van der Waals surface area contributed by atoms with Gasteiger partial charge in [-0.3, -0.25) is 4.79 Å². The standard InChI is InChI=1S/C29H31N3O/c1-3-20(2)28(31)19-32(25-15-13-23(14-16-25)22-7-5-4-6-8-22)29(33)27-17-26(27)24-11-9-21(18-30)10-12-24/h4-16,20,26-28H,3,17,19,31H2,1-2H3/t20-,26-,27+,28+/m0/s1. The van der Waals surface area contributed by atoms with Crippen LogP contribution in [0, 0.1) is 23.2 Å². The highest BCUT2D eigenvalue weighted by molar-refractivity contribution is 5.97. The molecule has 3 aromatic rings. The van der Waals surface area contributed by atoms with Gasteiger partial charge in [0, 0.05) is 24.2 Å². The van der Waals surface area contributed by atoms with Crippen molar-refractivity contribution in [3.05, 3.63) is 90.0 Å². The van der Waals surface area contributed by atoms with E-state index in [9.17, 15) is 4.79 Å². The molecule has 4 atom stereocenters. The number of hydrogen-bond donors (Lipinski definition) is 1. The van der Waals surface area contributed by atoms with E-state index >= 15 is 0 Å². The van der Waals surface area contributed by atoms with Gasteiger partial charge in [-0.1, -0.05) is 74.9 Å². The molecule has 1 fully saturated rings. The number of nitrogens with zero attached hydrogens (tertiary/aromatic N) is 2. The van der Waals surface area contributed by atoms with E-state index in [1.807, 2.05) is 59.5 Å². The number of nitrogens with two attached hydrogens (primary N) is 1. The van der Waals surface area contributed by atoms with Crippen LogP contribution in [-0.4, -0.2) is 18.5 Å². The largest absolute Gasteiger partial charge is 0.326 e. The first kappa shape index (κ1) is 22.8. The molecule has 1 aliphatic carbocycles. The molecule has 1 saturated carbocycles. The first-order valence-electron chi connectivity index (χ1n) is 11.7. The molecule has 0 aromatic heterocycles. The molecule has 0 bridgehead atoms. The smallest absolute Gasteiger partial charge is 0.230 e. The van der Waals surface area contributed by atoms with Crippen molar-refractivity contribution in [1.82, 2.24) is 0 Å². The van der Waals surface area contributed by atoms with Gasteiger partial charge in [-0.2, -0.15) is 5.26 Å². The molecule has 2 N–H and O–H groups in total. The summed E-state index contributed by atoms with van der Waals surface area (Å²) in [5.41, 5.74) is 11.4. The van der Waals surface area contributed by atoms with Crippen molar-refractivity contribution in [2.24, 2.45) is 17.6 Å². The van der Waals surface area contributed by atoms with Crippen molar-refractivity contribution in [1.29, 1.82) is 5.26 Å². The van der Waals surface area contributed by atoms with Gasteiger partial charge in [-0.25, -0.2) is 0 Å². The fraction of sp³-hybridized carbons (Fsp3) is 0.310. The van der Waals surface area contributed by atoms with Gasteiger partial charge < -0.3 is 10.6 Å². The van der Waals surface area contributed by atoms with Crippen LogP contribution in [0.15, 0.2) is 78.9 Å². The first-order valence-corrected chi connectivity index (χ1v) is 11.7. The third kappa shape index (κ3) is 5.16. The fourth-order valence-corrected chi connectivity index (χ4v) is 4.32. The van der Waals surface area contributed by atoms with Gasteiger partial charge in [0.25, 0.3) is 0 Å². The summed E-state index contributed by atoms with van der Waals surface area (Å²) in [6.45, 7) is 4.78. The lowest BCUT2D eigenvalue weighted by atomic mass is 9.98. The van der Waals surface area contributed by atoms with Crippen molar-refractivity contribution in [2.75, 3.05) is 11.4 Å². The van der Waals surface area contributed by atoms with E-state index in [2.05, 4.69) is 44.2 Å². The fourth-order valence-electron chi connectivity index (χ4n) is 4.32. The van der Waals surface area contributed by atoms with Crippen molar-refractivity contribution in [3.63, 3.8) is 0 Å². The molecule has 0 heterocycles. The van der Waals surface area contributed by atoms with E-state index in [0.717, 1.165) is 35.2 Å². The minimum Gasteiger partial charge on any atom is -0.326 e. The van der Waals surface area contributed by atoms with Gasteiger partial charge in [0.15, 0.2) is 0 Å². The van der Waals surface area contributed by atoms with Crippen molar-refractivity contribution in [3.8, 4) is 17.2 Å². The molecule has 3 aromatic carbocycles. The van der Waals surface area contributed by atoms with E-state index < -0.39 is 0 Å². The Labute approximate surface area is 196 Å². The number of carbonyl (C=O) groups excluding carboxylic acids is 1. The van der Waals surface area contributed by atoms with Gasteiger partial charge in [-0.05, 0) is 59.2 Å². The molecule has 0 spiro atoms. The third-order valence-electron chi connectivity index (χ3n) is 6.90. The predicted molar refractivity (Wildman–Crippen MR) is 134 cm³/mol. The molecular formula is C29H31N3O. The molecule has 4 nitrogen and oxygen atoms in total. The molecular weight excluding hydrogens is 406 g/mol. The summed E-state index contributed by atoms with van der Waals surface area (Å²) in [6.07, 6.45) is 1.81. The molecule has 33 heavy (non-hydrogen) atoms. The highest BCUT2D eigenvalue weighted by atomic mass is 16.2. The maximum absolute atomic E-state index is 13.6. The molecule has 4 rings (SSSR count). The van der Waals surface area contributed by atoms with Gasteiger partial charge in [0.1, 0.15) is 0 Å². The number of hydrogen-bond acceptors (Lipinski definition) is 3. The number of amides is 1. The lowest BCUT2D eigenvalue weighted by Crippen LogP contribution is -2.45. The molecule has 4 heteroatoms.